The molecule has 0 N–H and O–H groups in total. The van der Waals surface area contributed by atoms with Gasteiger partial charge in [-0.15, -0.1) is 10.2 Å². The Morgan fingerprint density at radius 1 is 0.931 bits per heavy atom. The van der Waals surface area contributed by atoms with E-state index in [4.69, 9.17) is 4.42 Å². The molecule has 0 unspecified atom stereocenters. The molecule has 4 heteroatoms. The molecule has 0 spiro atoms. The van der Waals surface area contributed by atoms with E-state index in [2.05, 4.69) is 29.3 Å². The first-order valence-electron chi connectivity index (χ1n) is 9.87. The molecule has 0 bridgehead atoms. The lowest BCUT2D eigenvalue weighted by Gasteiger charge is -2.06. The molecule has 3 aromatic carbocycles. The van der Waals surface area contributed by atoms with E-state index >= 15 is 0 Å². The highest BCUT2D eigenvalue weighted by Crippen LogP contribution is 2.30. The molecular formula is C25H22N2O2. The third-order valence-electron chi connectivity index (χ3n) is 5.00. The minimum Gasteiger partial charge on any atom is -0.417 e. The number of unbranched alkanes of at least 4 members (excludes halogenated alkanes) is 1. The Hall–Kier alpha value is -3.53. The van der Waals surface area contributed by atoms with Gasteiger partial charge in [0.2, 0.25) is 11.8 Å². The molecule has 1 heterocycles. The van der Waals surface area contributed by atoms with E-state index in [9.17, 15) is 4.79 Å². The van der Waals surface area contributed by atoms with Crippen LogP contribution in [0.25, 0.3) is 33.9 Å². The van der Waals surface area contributed by atoms with Crippen molar-refractivity contribution in [1.82, 2.24) is 10.2 Å². The van der Waals surface area contributed by atoms with Crippen LogP contribution in [0.2, 0.25) is 0 Å². The molecule has 0 aliphatic rings. The van der Waals surface area contributed by atoms with Gasteiger partial charge in [-0.1, -0.05) is 74.0 Å². The highest BCUT2D eigenvalue weighted by atomic mass is 16.4. The lowest BCUT2D eigenvalue weighted by molar-refractivity contribution is 0.112. The van der Waals surface area contributed by atoms with E-state index in [1.807, 2.05) is 54.6 Å². The maximum atomic E-state index is 11.4. The van der Waals surface area contributed by atoms with Crippen LogP contribution in [0.4, 0.5) is 0 Å². The average Bonchev–Trinajstić information content (AvgIpc) is 3.24. The maximum Gasteiger partial charge on any atom is 0.248 e. The summed E-state index contributed by atoms with van der Waals surface area (Å²) in [6.07, 6.45) is 6.01. The zero-order chi connectivity index (χ0) is 20.1. The molecule has 0 radical (unpaired) electrons. The van der Waals surface area contributed by atoms with E-state index in [1.54, 1.807) is 6.07 Å². The number of fused-ring (bicyclic) bond motifs is 1. The number of nitrogens with zero attached hydrogens (tertiary/aromatic N) is 2. The summed E-state index contributed by atoms with van der Waals surface area (Å²) in [5.74, 6) is 0.936. The number of carbonyl (C=O) groups is 1. The predicted molar refractivity (Wildman–Crippen MR) is 116 cm³/mol. The van der Waals surface area contributed by atoms with Gasteiger partial charge in [-0.2, -0.15) is 0 Å². The molecule has 0 aliphatic heterocycles. The first-order chi connectivity index (χ1) is 14.3. The van der Waals surface area contributed by atoms with Crippen LogP contribution in [0.15, 0.2) is 71.1 Å². The molecule has 0 saturated carbocycles. The van der Waals surface area contributed by atoms with Gasteiger partial charge in [-0.05, 0) is 40.8 Å². The number of rotatable bonds is 7. The van der Waals surface area contributed by atoms with E-state index in [0.717, 1.165) is 41.9 Å². The highest BCUT2D eigenvalue weighted by Gasteiger charge is 2.13. The molecule has 0 fully saturated rings. The fourth-order valence-corrected chi connectivity index (χ4v) is 3.48. The summed E-state index contributed by atoms with van der Waals surface area (Å²) < 4.78 is 6.00. The van der Waals surface area contributed by atoms with Crippen molar-refractivity contribution in [1.29, 1.82) is 0 Å². The van der Waals surface area contributed by atoms with Gasteiger partial charge in [0, 0.05) is 17.2 Å². The number of aromatic nitrogens is 2. The first-order valence-corrected chi connectivity index (χ1v) is 9.87. The van der Waals surface area contributed by atoms with Crippen LogP contribution in [0, 0.1) is 0 Å². The Kier molecular flexibility index (Phi) is 5.61. The van der Waals surface area contributed by atoms with Crippen molar-refractivity contribution in [2.75, 3.05) is 0 Å². The van der Waals surface area contributed by atoms with E-state index in [-0.39, 0.29) is 0 Å². The molecule has 0 saturated heterocycles. The average molecular weight is 382 g/mol. The number of hydrogen-bond donors (Lipinski definition) is 0. The third-order valence-corrected chi connectivity index (χ3v) is 5.00. The standard InChI is InChI=1S/C25H22N2O2/c1-2-3-9-19(18-10-5-4-6-11-18)16-24-26-27-25(29-24)23-15-14-20(17-28)21-12-7-8-13-22(21)23/h4-8,10-17H,2-3,9H2,1H3/b19-16+. The fourth-order valence-electron chi connectivity index (χ4n) is 3.48. The van der Waals surface area contributed by atoms with Gasteiger partial charge in [-0.3, -0.25) is 4.79 Å². The van der Waals surface area contributed by atoms with Gasteiger partial charge in [-0.25, -0.2) is 0 Å². The largest absolute Gasteiger partial charge is 0.417 e. The zero-order valence-electron chi connectivity index (χ0n) is 16.3. The van der Waals surface area contributed by atoms with Gasteiger partial charge >= 0.3 is 0 Å². The third kappa shape index (κ3) is 4.02. The summed E-state index contributed by atoms with van der Waals surface area (Å²) in [5, 5.41) is 10.3. The molecule has 0 atom stereocenters. The topological polar surface area (TPSA) is 56.0 Å². The summed E-state index contributed by atoms with van der Waals surface area (Å²) in [6, 6.07) is 21.7. The minimum absolute atomic E-state index is 0.452. The summed E-state index contributed by atoms with van der Waals surface area (Å²) >= 11 is 0. The van der Waals surface area contributed by atoms with Crippen molar-refractivity contribution in [3.63, 3.8) is 0 Å². The highest BCUT2D eigenvalue weighted by molar-refractivity contribution is 6.04. The van der Waals surface area contributed by atoms with Gasteiger partial charge in [0.05, 0.1) is 0 Å². The van der Waals surface area contributed by atoms with Crippen molar-refractivity contribution in [2.24, 2.45) is 0 Å². The molecule has 0 aliphatic carbocycles. The molecule has 4 aromatic rings. The summed E-state index contributed by atoms with van der Waals surface area (Å²) in [4.78, 5) is 11.4. The van der Waals surface area contributed by atoms with Gasteiger partial charge < -0.3 is 4.42 Å². The molecule has 4 rings (SSSR count). The van der Waals surface area contributed by atoms with Crippen molar-refractivity contribution >= 4 is 28.7 Å². The zero-order valence-corrected chi connectivity index (χ0v) is 16.3. The van der Waals surface area contributed by atoms with Crippen molar-refractivity contribution in [3.05, 3.63) is 83.7 Å². The maximum absolute atomic E-state index is 11.4. The summed E-state index contributed by atoms with van der Waals surface area (Å²) in [6.45, 7) is 2.18. The fraction of sp³-hybridized carbons (Fsp3) is 0.160. The Morgan fingerprint density at radius 2 is 1.69 bits per heavy atom. The molecule has 0 amide bonds. The van der Waals surface area contributed by atoms with Crippen LogP contribution >= 0.6 is 0 Å². The SMILES string of the molecule is CCCC/C(=C\c1nnc(-c2ccc(C=O)c3ccccc23)o1)c1ccccc1. The predicted octanol–water partition coefficient (Wildman–Crippen LogP) is 6.43. The number of aldehydes is 1. The van der Waals surface area contributed by atoms with Crippen LogP contribution in [0.3, 0.4) is 0 Å². The summed E-state index contributed by atoms with van der Waals surface area (Å²) in [5.41, 5.74) is 3.83. The van der Waals surface area contributed by atoms with E-state index in [0.29, 0.717) is 17.3 Å². The Labute approximate surface area is 169 Å². The van der Waals surface area contributed by atoms with E-state index < -0.39 is 0 Å². The first kappa shape index (κ1) is 18.8. The number of benzene rings is 3. The quantitative estimate of drug-likeness (QED) is 0.345. The lowest BCUT2D eigenvalue weighted by atomic mass is 10.00. The molecular weight excluding hydrogens is 360 g/mol. The second-order valence-corrected chi connectivity index (χ2v) is 6.95. The van der Waals surface area contributed by atoms with Crippen LogP contribution in [0.5, 0.6) is 0 Å². The van der Waals surface area contributed by atoms with Gasteiger partial charge in [0.1, 0.15) is 0 Å². The van der Waals surface area contributed by atoms with Crippen LogP contribution in [0.1, 0.15) is 48.0 Å². The van der Waals surface area contributed by atoms with Crippen LogP contribution < -0.4 is 0 Å². The number of allylic oxidation sites excluding steroid dienone is 1. The molecule has 144 valence electrons. The Bertz CT molecular complexity index is 1160. The van der Waals surface area contributed by atoms with Gasteiger partial charge in [0.15, 0.2) is 6.29 Å². The number of carbonyl (C=O) groups excluding carboxylic acids is 1. The van der Waals surface area contributed by atoms with E-state index in [1.165, 1.54) is 11.1 Å². The lowest BCUT2D eigenvalue weighted by Crippen LogP contribution is -1.87. The van der Waals surface area contributed by atoms with Crippen molar-refractivity contribution < 1.29 is 9.21 Å². The molecule has 1 aromatic heterocycles. The molecule has 4 nitrogen and oxygen atoms in total. The number of hydrogen-bond acceptors (Lipinski definition) is 4. The Morgan fingerprint density at radius 3 is 2.45 bits per heavy atom. The summed E-state index contributed by atoms with van der Waals surface area (Å²) in [7, 11) is 0. The van der Waals surface area contributed by atoms with Crippen LogP contribution in [-0.2, 0) is 0 Å². The second kappa shape index (κ2) is 8.65. The second-order valence-electron chi connectivity index (χ2n) is 6.95. The van der Waals surface area contributed by atoms with Crippen molar-refractivity contribution in [3.8, 4) is 11.5 Å². The van der Waals surface area contributed by atoms with Crippen LogP contribution in [-0.4, -0.2) is 16.5 Å². The monoisotopic (exact) mass is 382 g/mol. The normalized spacial score (nSPS) is 11.7. The minimum atomic E-state index is 0.452. The van der Waals surface area contributed by atoms with Crippen molar-refractivity contribution in [2.45, 2.75) is 26.2 Å². The molecule has 29 heavy (non-hydrogen) atoms. The smallest absolute Gasteiger partial charge is 0.248 e. The van der Waals surface area contributed by atoms with Gasteiger partial charge in [0.25, 0.3) is 0 Å². The Balaban J connectivity index is 1.74.